The van der Waals surface area contributed by atoms with E-state index in [4.69, 9.17) is 23.1 Å². The highest BCUT2D eigenvalue weighted by molar-refractivity contribution is 9.10. The maximum Gasteiger partial charge on any atom is 0.250 e. The second-order valence-corrected chi connectivity index (χ2v) is 5.64. The van der Waals surface area contributed by atoms with Crippen molar-refractivity contribution >= 4 is 50.5 Å². The van der Waals surface area contributed by atoms with Crippen LogP contribution in [0.4, 0.5) is 17.1 Å². The number of benzene rings is 2. The van der Waals surface area contributed by atoms with Gasteiger partial charge >= 0.3 is 0 Å². The number of primary amides is 1. The van der Waals surface area contributed by atoms with Crippen molar-refractivity contribution in [3.05, 3.63) is 51.0 Å². The highest BCUT2D eigenvalue weighted by Gasteiger charge is 2.11. The van der Waals surface area contributed by atoms with Crippen LogP contribution in [0.1, 0.15) is 15.9 Å². The standard InChI is InChI=1S/C14H13BrClN3O/c1-7-4-10(15)13(6-11(7)16)19-12-3-2-8(17)5-9(12)14(18)20/h2-6,19H,17H2,1H3,(H2,18,20). The van der Waals surface area contributed by atoms with Gasteiger partial charge in [0, 0.05) is 15.2 Å². The summed E-state index contributed by atoms with van der Waals surface area (Å²) in [5.74, 6) is -0.547. The number of aryl methyl sites for hydroxylation is 1. The molecule has 0 heterocycles. The summed E-state index contributed by atoms with van der Waals surface area (Å²) in [4.78, 5) is 11.5. The Kier molecular flexibility index (Phi) is 4.20. The SMILES string of the molecule is Cc1cc(Br)c(Nc2ccc(N)cc2C(N)=O)cc1Cl. The molecule has 1 amide bonds. The second kappa shape index (κ2) is 5.73. The third-order valence-corrected chi connectivity index (χ3v) is 3.89. The van der Waals surface area contributed by atoms with Crippen molar-refractivity contribution in [2.45, 2.75) is 6.92 Å². The Hall–Kier alpha value is -1.72. The number of nitrogens with two attached hydrogens (primary N) is 2. The van der Waals surface area contributed by atoms with Gasteiger partial charge in [0.1, 0.15) is 0 Å². The number of carbonyl (C=O) groups excluding carboxylic acids is 1. The Labute approximate surface area is 130 Å². The molecule has 0 aromatic heterocycles. The molecule has 0 spiro atoms. The third-order valence-electron chi connectivity index (χ3n) is 2.83. The van der Waals surface area contributed by atoms with Gasteiger partial charge in [-0.15, -0.1) is 0 Å². The average molecular weight is 355 g/mol. The Bertz CT molecular complexity index is 688. The molecule has 0 radical (unpaired) electrons. The normalized spacial score (nSPS) is 10.3. The molecule has 104 valence electrons. The maximum atomic E-state index is 11.5. The molecule has 2 aromatic rings. The van der Waals surface area contributed by atoms with E-state index in [1.165, 1.54) is 6.07 Å². The third kappa shape index (κ3) is 3.05. The zero-order valence-corrected chi connectivity index (χ0v) is 13.0. The summed E-state index contributed by atoms with van der Waals surface area (Å²) in [5.41, 5.74) is 14.1. The summed E-state index contributed by atoms with van der Waals surface area (Å²) in [6.07, 6.45) is 0. The summed E-state index contributed by atoms with van der Waals surface area (Å²) < 4.78 is 0.839. The smallest absolute Gasteiger partial charge is 0.250 e. The van der Waals surface area contributed by atoms with Crippen LogP contribution in [0.25, 0.3) is 0 Å². The first-order valence-electron chi connectivity index (χ1n) is 5.80. The first kappa shape index (κ1) is 14.7. The molecular weight excluding hydrogens is 342 g/mol. The summed E-state index contributed by atoms with van der Waals surface area (Å²) in [6.45, 7) is 1.91. The highest BCUT2D eigenvalue weighted by atomic mass is 79.9. The van der Waals surface area contributed by atoms with Gasteiger partial charge in [0.25, 0.3) is 5.91 Å². The molecule has 0 aliphatic heterocycles. The maximum absolute atomic E-state index is 11.5. The summed E-state index contributed by atoms with van der Waals surface area (Å²) in [6, 6.07) is 8.61. The Morgan fingerprint density at radius 2 is 1.95 bits per heavy atom. The fourth-order valence-corrected chi connectivity index (χ4v) is 2.48. The molecule has 2 aromatic carbocycles. The first-order valence-corrected chi connectivity index (χ1v) is 6.97. The van der Waals surface area contributed by atoms with Crippen LogP contribution in [-0.4, -0.2) is 5.91 Å². The van der Waals surface area contributed by atoms with E-state index in [0.29, 0.717) is 22.0 Å². The van der Waals surface area contributed by atoms with E-state index in [1.807, 2.05) is 13.0 Å². The van der Waals surface area contributed by atoms with Crippen LogP contribution in [0.3, 0.4) is 0 Å². The number of hydrogen-bond acceptors (Lipinski definition) is 3. The molecule has 0 bridgehead atoms. The van der Waals surface area contributed by atoms with Gasteiger partial charge in [-0.3, -0.25) is 4.79 Å². The van der Waals surface area contributed by atoms with Gasteiger partial charge in [-0.1, -0.05) is 11.6 Å². The van der Waals surface area contributed by atoms with E-state index < -0.39 is 5.91 Å². The fraction of sp³-hybridized carbons (Fsp3) is 0.0714. The largest absolute Gasteiger partial charge is 0.399 e. The van der Waals surface area contributed by atoms with Gasteiger partial charge in [-0.2, -0.15) is 0 Å². The Morgan fingerprint density at radius 1 is 1.25 bits per heavy atom. The fourth-order valence-electron chi connectivity index (χ4n) is 1.76. The van der Waals surface area contributed by atoms with Crippen LogP contribution in [-0.2, 0) is 0 Å². The molecule has 20 heavy (non-hydrogen) atoms. The molecule has 4 nitrogen and oxygen atoms in total. The molecule has 2 rings (SSSR count). The number of anilines is 3. The van der Waals surface area contributed by atoms with E-state index in [-0.39, 0.29) is 0 Å². The molecule has 5 N–H and O–H groups in total. The number of amides is 1. The molecule has 0 atom stereocenters. The summed E-state index contributed by atoms with van der Waals surface area (Å²) in [7, 11) is 0. The Morgan fingerprint density at radius 3 is 2.60 bits per heavy atom. The molecule has 0 saturated heterocycles. The van der Waals surface area contributed by atoms with Gasteiger partial charge < -0.3 is 16.8 Å². The van der Waals surface area contributed by atoms with Gasteiger partial charge in [-0.05, 0) is 58.7 Å². The van der Waals surface area contributed by atoms with Crippen molar-refractivity contribution in [3.63, 3.8) is 0 Å². The molecule has 0 fully saturated rings. The van der Waals surface area contributed by atoms with Crippen molar-refractivity contribution in [2.24, 2.45) is 5.73 Å². The van der Waals surface area contributed by atoms with Gasteiger partial charge in [0.15, 0.2) is 0 Å². The van der Waals surface area contributed by atoms with Crippen LogP contribution < -0.4 is 16.8 Å². The summed E-state index contributed by atoms with van der Waals surface area (Å²) in [5, 5.41) is 3.76. The number of hydrogen-bond donors (Lipinski definition) is 3. The van der Waals surface area contributed by atoms with Gasteiger partial charge in [-0.25, -0.2) is 0 Å². The minimum atomic E-state index is -0.547. The molecular formula is C14H13BrClN3O. The van der Waals surface area contributed by atoms with Crippen LogP contribution in [0.2, 0.25) is 5.02 Å². The van der Waals surface area contributed by atoms with E-state index in [0.717, 1.165) is 15.7 Å². The molecule has 0 saturated carbocycles. The number of nitrogen functional groups attached to an aromatic ring is 1. The molecule has 0 aliphatic carbocycles. The van der Waals surface area contributed by atoms with Gasteiger partial charge in [0.05, 0.1) is 16.9 Å². The lowest BCUT2D eigenvalue weighted by Gasteiger charge is -2.13. The van der Waals surface area contributed by atoms with E-state index in [2.05, 4.69) is 21.2 Å². The van der Waals surface area contributed by atoms with Crippen LogP contribution >= 0.6 is 27.5 Å². The van der Waals surface area contributed by atoms with Crippen molar-refractivity contribution in [3.8, 4) is 0 Å². The zero-order valence-electron chi connectivity index (χ0n) is 10.7. The Balaban J connectivity index is 2.45. The number of nitrogens with one attached hydrogen (secondary N) is 1. The molecule has 6 heteroatoms. The quantitative estimate of drug-likeness (QED) is 0.733. The molecule has 0 aliphatic rings. The van der Waals surface area contributed by atoms with Crippen molar-refractivity contribution in [2.75, 3.05) is 11.1 Å². The minimum absolute atomic E-state index is 0.327. The van der Waals surface area contributed by atoms with Crippen LogP contribution in [0.5, 0.6) is 0 Å². The van der Waals surface area contributed by atoms with E-state index in [1.54, 1.807) is 18.2 Å². The van der Waals surface area contributed by atoms with Crippen LogP contribution in [0, 0.1) is 6.92 Å². The van der Waals surface area contributed by atoms with Gasteiger partial charge in [0.2, 0.25) is 0 Å². The topological polar surface area (TPSA) is 81.1 Å². The van der Waals surface area contributed by atoms with Crippen molar-refractivity contribution in [1.29, 1.82) is 0 Å². The number of carbonyl (C=O) groups is 1. The zero-order chi connectivity index (χ0) is 14.9. The number of halogens is 2. The lowest BCUT2D eigenvalue weighted by atomic mass is 10.1. The minimum Gasteiger partial charge on any atom is -0.399 e. The van der Waals surface area contributed by atoms with Crippen molar-refractivity contribution < 1.29 is 4.79 Å². The average Bonchev–Trinajstić information content (AvgIpc) is 2.37. The predicted octanol–water partition coefficient (Wildman–Crippen LogP) is 3.84. The van der Waals surface area contributed by atoms with Crippen molar-refractivity contribution in [1.82, 2.24) is 0 Å². The lowest BCUT2D eigenvalue weighted by Crippen LogP contribution is -2.13. The predicted molar refractivity (Wildman–Crippen MR) is 86.5 cm³/mol. The van der Waals surface area contributed by atoms with Crippen LogP contribution in [0.15, 0.2) is 34.8 Å². The monoisotopic (exact) mass is 353 g/mol. The number of rotatable bonds is 3. The first-order chi connectivity index (χ1) is 9.38. The van der Waals surface area contributed by atoms with E-state index >= 15 is 0 Å². The summed E-state index contributed by atoms with van der Waals surface area (Å²) >= 11 is 9.56. The van der Waals surface area contributed by atoms with E-state index in [9.17, 15) is 4.79 Å². The molecule has 0 unspecified atom stereocenters. The second-order valence-electron chi connectivity index (χ2n) is 4.38. The lowest BCUT2D eigenvalue weighted by molar-refractivity contribution is 0.100. The highest BCUT2D eigenvalue weighted by Crippen LogP contribution is 2.32.